The summed E-state index contributed by atoms with van der Waals surface area (Å²) in [5.41, 5.74) is 0.936. The van der Waals surface area contributed by atoms with Crippen molar-refractivity contribution in [2.24, 2.45) is 0 Å². The molecule has 1 fully saturated rings. The van der Waals surface area contributed by atoms with Crippen molar-refractivity contribution in [1.29, 1.82) is 0 Å². The van der Waals surface area contributed by atoms with Crippen molar-refractivity contribution < 1.29 is 22.7 Å². The molecule has 0 aliphatic carbocycles. The number of anilines is 1. The number of methoxy groups -OCH3 is 1. The van der Waals surface area contributed by atoms with Crippen LogP contribution in [0.5, 0.6) is 5.75 Å². The standard InChI is InChI=1S/C25H29F2N3O3S/c1-17(23-13-18-5-3-6-22(31-2)24(18)33-23)30(8-4-7-29-9-11-32-12-10-29)25(34)28-21-15-19(26)14-20(27)16-21/h3,5-6,13-17H,4,7-12H2,1-2H3,(H,28,34)/t17-/m1/s1. The van der Waals surface area contributed by atoms with Crippen LogP contribution in [0.1, 0.15) is 25.1 Å². The molecular weight excluding hydrogens is 460 g/mol. The smallest absolute Gasteiger partial charge is 0.176 e. The van der Waals surface area contributed by atoms with E-state index in [2.05, 4.69) is 10.2 Å². The Kier molecular flexibility index (Phi) is 7.97. The highest BCUT2D eigenvalue weighted by Crippen LogP contribution is 2.33. The molecule has 34 heavy (non-hydrogen) atoms. The lowest BCUT2D eigenvalue weighted by Crippen LogP contribution is -2.41. The summed E-state index contributed by atoms with van der Waals surface area (Å²) in [4.78, 5) is 4.35. The molecule has 1 aliphatic heterocycles. The number of morpholine rings is 1. The van der Waals surface area contributed by atoms with Crippen LogP contribution in [-0.2, 0) is 4.74 Å². The summed E-state index contributed by atoms with van der Waals surface area (Å²) in [5.74, 6) is 0.0504. The number of nitrogens with one attached hydrogen (secondary N) is 1. The van der Waals surface area contributed by atoms with Crippen LogP contribution in [0.3, 0.4) is 0 Å². The maximum absolute atomic E-state index is 13.7. The van der Waals surface area contributed by atoms with E-state index < -0.39 is 11.6 Å². The number of ether oxygens (including phenoxy) is 2. The minimum Gasteiger partial charge on any atom is -0.493 e. The number of hydrogen-bond donors (Lipinski definition) is 1. The molecular formula is C25H29F2N3O3S. The number of benzene rings is 2. The first-order valence-corrected chi connectivity index (χ1v) is 11.8. The predicted octanol–water partition coefficient (Wildman–Crippen LogP) is 5.20. The molecule has 2 aromatic carbocycles. The topological polar surface area (TPSA) is 50.1 Å². The number of halogens is 2. The Hall–Kier alpha value is -2.75. The average molecular weight is 490 g/mol. The summed E-state index contributed by atoms with van der Waals surface area (Å²) in [6.07, 6.45) is 0.854. The van der Waals surface area contributed by atoms with E-state index in [1.54, 1.807) is 7.11 Å². The number of rotatable bonds is 8. The number of thiocarbonyl (C=S) groups is 1. The highest BCUT2D eigenvalue weighted by Gasteiger charge is 2.24. The lowest BCUT2D eigenvalue weighted by molar-refractivity contribution is 0.0365. The Bertz CT molecular complexity index is 1110. The van der Waals surface area contributed by atoms with Gasteiger partial charge in [-0.15, -0.1) is 0 Å². The Morgan fingerprint density at radius 2 is 1.91 bits per heavy atom. The average Bonchev–Trinajstić information content (AvgIpc) is 3.26. The molecule has 1 aromatic heterocycles. The summed E-state index contributed by atoms with van der Waals surface area (Å²) in [5, 5.41) is 4.30. The van der Waals surface area contributed by atoms with Gasteiger partial charge in [0.25, 0.3) is 0 Å². The number of nitrogens with zero attached hydrogens (tertiary/aromatic N) is 2. The third kappa shape index (κ3) is 5.84. The molecule has 1 saturated heterocycles. The van der Waals surface area contributed by atoms with Crippen molar-refractivity contribution in [3.8, 4) is 5.75 Å². The van der Waals surface area contributed by atoms with Gasteiger partial charge in [-0.25, -0.2) is 8.78 Å². The molecule has 0 radical (unpaired) electrons. The number of fused-ring (bicyclic) bond motifs is 1. The zero-order valence-electron chi connectivity index (χ0n) is 19.4. The molecule has 3 aromatic rings. The van der Waals surface area contributed by atoms with Crippen LogP contribution in [0.15, 0.2) is 46.9 Å². The number of hydrogen-bond acceptors (Lipinski definition) is 5. The summed E-state index contributed by atoms with van der Waals surface area (Å²) < 4.78 is 44.5. The molecule has 4 rings (SSSR count). The summed E-state index contributed by atoms with van der Waals surface area (Å²) in [6.45, 7) is 6.83. The van der Waals surface area contributed by atoms with Crippen molar-refractivity contribution in [2.75, 3.05) is 51.8 Å². The normalized spacial score (nSPS) is 15.3. The molecule has 6 nitrogen and oxygen atoms in total. The molecule has 2 heterocycles. The van der Waals surface area contributed by atoms with Gasteiger partial charge in [0.1, 0.15) is 17.4 Å². The maximum Gasteiger partial charge on any atom is 0.176 e. The molecule has 1 aliphatic rings. The largest absolute Gasteiger partial charge is 0.493 e. The van der Waals surface area contributed by atoms with E-state index in [0.717, 1.165) is 56.5 Å². The second-order valence-corrected chi connectivity index (χ2v) is 8.68. The van der Waals surface area contributed by atoms with Crippen molar-refractivity contribution in [3.63, 3.8) is 0 Å². The zero-order chi connectivity index (χ0) is 24.1. The van der Waals surface area contributed by atoms with Crippen molar-refractivity contribution in [3.05, 3.63) is 59.9 Å². The van der Waals surface area contributed by atoms with Crippen LogP contribution in [0.4, 0.5) is 14.5 Å². The van der Waals surface area contributed by atoms with Gasteiger partial charge in [0.15, 0.2) is 16.4 Å². The first-order chi connectivity index (χ1) is 16.4. The van der Waals surface area contributed by atoms with Crippen LogP contribution in [0.2, 0.25) is 0 Å². The monoisotopic (exact) mass is 489 g/mol. The Morgan fingerprint density at radius 1 is 1.18 bits per heavy atom. The Balaban J connectivity index is 1.54. The lowest BCUT2D eigenvalue weighted by atomic mass is 10.2. The fourth-order valence-corrected chi connectivity index (χ4v) is 4.53. The van der Waals surface area contributed by atoms with Crippen LogP contribution in [0, 0.1) is 11.6 Å². The van der Waals surface area contributed by atoms with Gasteiger partial charge in [-0.2, -0.15) is 0 Å². The van der Waals surface area contributed by atoms with E-state index in [1.165, 1.54) is 12.1 Å². The van der Waals surface area contributed by atoms with Gasteiger partial charge in [-0.05, 0) is 49.8 Å². The van der Waals surface area contributed by atoms with Crippen molar-refractivity contribution in [1.82, 2.24) is 9.80 Å². The van der Waals surface area contributed by atoms with E-state index in [9.17, 15) is 8.78 Å². The summed E-state index contributed by atoms with van der Waals surface area (Å²) in [7, 11) is 1.61. The van der Waals surface area contributed by atoms with Gasteiger partial charge in [-0.3, -0.25) is 4.90 Å². The van der Waals surface area contributed by atoms with Gasteiger partial charge in [0.05, 0.1) is 26.4 Å². The van der Waals surface area contributed by atoms with Gasteiger partial charge in [-0.1, -0.05) is 12.1 Å². The molecule has 1 N–H and O–H groups in total. The predicted molar refractivity (Wildman–Crippen MR) is 132 cm³/mol. The Labute approximate surface area is 203 Å². The molecule has 0 bridgehead atoms. The summed E-state index contributed by atoms with van der Waals surface area (Å²) in [6, 6.07) is 10.8. The maximum atomic E-state index is 13.7. The van der Waals surface area contributed by atoms with Crippen molar-refractivity contribution >= 4 is 34.0 Å². The van der Waals surface area contributed by atoms with Crippen LogP contribution < -0.4 is 10.1 Å². The highest BCUT2D eigenvalue weighted by atomic mass is 32.1. The fraction of sp³-hybridized carbons (Fsp3) is 0.400. The quantitative estimate of drug-likeness (QED) is 0.437. The SMILES string of the molecule is COc1cccc2cc([C@@H](C)N(CCCN3CCOCC3)C(=S)Nc3cc(F)cc(F)c3)oc12. The van der Waals surface area contributed by atoms with Crippen LogP contribution in [0.25, 0.3) is 11.0 Å². The minimum absolute atomic E-state index is 0.222. The zero-order valence-corrected chi connectivity index (χ0v) is 20.2. The van der Waals surface area contributed by atoms with Gasteiger partial charge in [0, 0.05) is 43.3 Å². The first-order valence-electron chi connectivity index (χ1n) is 11.3. The number of furan rings is 1. The minimum atomic E-state index is -0.665. The lowest BCUT2D eigenvalue weighted by Gasteiger charge is -2.32. The van der Waals surface area contributed by atoms with E-state index in [1.807, 2.05) is 36.1 Å². The molecule has 1 atom stereocenters. The Morgan fingerprint density at radius 3 is 2.62 bits per heavy atom. The van der Waals surface area contributed by atoms with Crippen molar-refractivity contribution in [2.45, 2.75) is 19.4 Å². The number of para-hydroxylation sites is 1. The fourth-order valence-electron chi connectivity index (χ4n) is 4.16. The second-order valence-electron chi connectivity index (χ2n) is 8.29. The third-order valence-electron chi connectivity index (χ3n) is 5.98. The van der Waals surface area contributed by atoms with Crippen LogP contribution >= 0.6 is 12.2 Å². The molecule has 0 saturated carbocycles. The van der Waals surface area contributed by atoms with Crippen LogP contribution in [-0.4, -0.2) is 61.4 Å². The molecule has 182 valence electrons. The van der Waals surface area contributed by atoms with Gasteiger partial charge < -0.3 is 24.1 Å². The molecule has 9 heteroatoms. The summed E-state index contributed by atoms with van der Waals surface area (Å²) >= 11 is 5.69. The highest BCUT2D eigenvalue weighted by molar-refractivity contribution is 7.80. The molecule has 0 amide bonds. The third-order valence-corrected chi connectivity index (χ3v) is 6.31. The second kappa shape index (κ2) is 11.1. The van der Waals surface area contributed by atoms with E-state index in [0.29, 0.717) is 23.0 Å². The van der Waals surface area contributed by atoms with E-state index in [-0.39, 0.29) is 11.7 Å². The van der Waals surface area contributed by atoms with Gasteiger partial charge >= 0.3 is 0 Å². The van der Waals surface area contributed by atoms with E-state index >= 15 is 0 Å². The van der Waals surface area contributed by atoms with Gasteiger partial charge in [0.2, 0.25) is 0 Å². The molecule has 0 spiro atoms. The van der Waals surface area contributed by atoms with E-state index in [4.69, 9.17) is 26.1 Å². The first kappa shape index (κ1) is 24.4. The molecule has 0 unspecified atom stereocenters.